The first kappa shape index (κ1) is 14.8. The fourth-order valence-corrected chi connectivity index (χ4v) is 3.07. The Morgan fingerprint density at radius 2 is 2.10 bits per heavy atom. The first-order valence-electron chi connectivity index (χ1n) is 5.87. The van der Waals surface area contributed by atoms with Crippen molar-refractivity contribution in [3.05, 3.63) is 53.3 Å². The summed E-state index contributed by atoms with van der Waals surface area (Å²) < 4.78 is 27.1. The van der Waals surface area contributed by atoms with Gasteiger partial charge in [0.15, 0.2) is 0 Å². The van der Waals surface area contributed by atoms with E-state index in [0.717, 1.165) is 5.56 Å². The van der Waals surface area contributed by atoms with Crippen molar-refractivity contribution in [2.75, 3.05) is 5.73 Å². The Morgan fingerprint density at radius 3 is 2.70 bits per heavy atom. The van der Waals surface area contributed by atoms with Gasteiger partial charge in [-0.05, 0) is 36.8 Å². The van der Waals surface area contributed by atoms with Crippen LogP contribution in [0.25, 0.3) is 0 Å². The molecular weight excluding hydrogens is 298 g/mol. The molecule has 1 unspecified atom stereocenters. The van der Waals surface area contributed by atoms with Crippen LogP contribution in [0.4, 0.5) is 5.69 Å². The molecule has 20 heavy (non-hydrogen) atoms. The highest BCUT2D eigenvalue weighted by Crippen LogP contribution is 2.23. The summed E-state index contributed by atoms with van der Waals surface area (Å²) >= 11 is 5.78. The predicted molar refractivity (Wildman–Crippen MR) is 78.8 cm³/mol. The Hall–Kier alpha value is -1.63. The molecule has 3 N–H and O–H groups in total. The average molecular weight is 312 g/mol. The van der Waals surface area contributed by atoms with Crippen LogP contribution in [-0.2, 0) is 10.0 Å². The topological polar surface area (TPSA) is 85.1 Å². The number of sulfonamides is 1. The third-order valence-electron chi connectivity index (χ3n) is 2.79. The lowest BCUT2D eigenvalue weighted by Gasteiger charge is -2.14. The summed E-state index contributed by atoms with van der Waals surface area (Å²) in [5, 5.41) is 0.323. The summed E-state index contributed by atoms with van der Waals surface area (Å²) in [5.41, 5.74) is 6.63. The van der Waals surface area contributed by atoms with Crippen molar-refractivity contribution in [3.63, 3.8) is 0 Å². The van der Waals surface area contributed by atoms with Gasteiger partial charge in [-0.15, -0.1) is 0 Å². The number of pyridine rings is 1. The van der Waals surface area contributed by atoms with Crippen LogP contribution < -0.4 is 10.5 Å². The zero-order valence-electron chi connectivity index (χ0n) is 10.7. The lowest BCUT2D eigenvalue weighted by atomic mass is 10.2. The lowest BCUT2D eigenvalue weighted by Crippen LogP contribution is -2.27. The number of nitrogens with zero attached hydrogens (tertiary/aromatic N) is 1. The monoisotopic (exact) mass is 311 g/mol. The number of aromatic nitrogens is 1. The predicted octanol–water partition coefficient (Wildman–Crippen LogP) is 2.36. The van der Waals surface area contributed by atoms with Gasteiger partial charge in [0.2, 0.25) is 10.0 Å². The summed E-state index contributed by atoms with van der Waals surface area (Å²) in [4.78, 5) is 4.04. The Balaban J connectivity index is 2.25. The van der Waals surface area contributed by atoms with Crippen LogP contribution in [0.15, 0.2) is 47.6 Å². The fraction of sp³-hybridized carbons (Fsp3) is 0.154. The maximum absolute atomic E-state index is 12.2. The van der Waals surface area contributed by atoms with Gasteiger partial charge >= 0.3 is 0 Å². The van der Waals surface area contributed by atoms with Crippen molar-refractivity contribution < 1.29 is 8.42 Å². The van der Waals surface area contributed by atoms with Crippen LogP contribution in [0.2, 0.25) is 5.02 Å². The normalized spacial score (nSPS) is 13.1. The number of hydrogen-bond acceptors (Lipinski definition) is 4. The van der Waals surface area contributed by atoms with Gasteiger partial charge in [0.1, 0.15) is 0 Å². The van der Waals surface area contributed by atoms with Crippen LogP contribution in [0, 0.1) is 0 Å². The molecule has 0 saturated heterocycles. The fourth-order valence-electron chi connectivity index (χ4n) is 1.69. The number of nitrogens with one attached hydrogen (secondary N) is 1. The molecule has 106 valence electrons. The highest BCUT2D eigenvalue weighted by Gasteiger charge is 2.19. The molecule has 2 rings (SSSR count). The molecule has 5 nitrogen and oxygen atoms in total. The summed E-state index contributed by atoms with van der Waals surface area (Å²) in [6.07, 6.45) is 3.24. The SMILES string of the molecule is CC(NS(=O)(=O)c1ccc(Cl)c(N)c1)c1cccnc1. The van der Waals surface area contributed by atoms with Gasteiger partial charge in [-0.1, -0.05) is 17.7 Å². The van der Waals surface area contributed by atoms with Crippen LogP contribution >= 0.6 is 11.6 Å². The second-order valence-corrected chi connectivity index (χ2v) is 6.43. The van der Waals surface area contributed by atoms with Gasteiger partial charge < -0.3 is 5.73 Å². The number of rotatable bonds is 4. The molecule has 0 radical (unpaired) electrons. The smallest absolute Gasteiger partial charge is 0.241 e. The van der Waals surface area contributed by atoms with E-state index >= 15 is 0 Å². The molecule has 1 heterocycles. The number of benzene rings is 1. The van der Waals surface area contributed by atoms with E-state index < -0.39 is 16.1 Å². The molecule has 0 amide bonds. The standard InChI is InChI=1S/C13H14ClN3O2S/c1-9(10-3-2-6-16-8-10)17-20(18,19)11-4-5-12(14)13(15)7-11/h2-9,17H,15H2,1H3. The summed E-state index contributed by atoms with van der Waals surface area (Å²) in [7, 11) is -3.66. The van der Waals surface area contributed by atoms with E-state index in [9.17, 15) is 8.42 Å². The van der Waals surface area contributed by atoms with Crippen molar-refractivity contribution in [2.45, 2.75) is 17.9 Å². The quantitative estimate of drug-likeness (QED) is 0.849. The molecule has 0 aliphatic rings. The minimum Gasteiger partial charge on any atom is -0.397 e. The van der Waals surface area contributed by atoms with Gasteiger partial charge in [0.25, 0.3) is 0 Å². The largest absolute Gasteiger partial charge is 0.397 e. The van der Waals surface area contributed by atoms with Crippen molar-refractivity contribution >= 4 is 27.3 Å². The van der Waals surface area contributed by atoms with Crippen molar-refractivity contribution in [1.29, 1.82) is 0 Å². The van der Waals surface area contributed by atoms with E-state index in [1.807, 2.05) is 0 Å². The summed E-state index contributed by atoms with van der Waals surface area (Å²) in [6.45, 7) is 1.74. The second kappa shape index (κ2) is 5.78. The molecule has 0 aliphatic heterocycles. The Labute approximate surface area is 122 Å². The first-order chi connectivity index (χ1) is 9.40. The van der Waals surface area contributed by atoms with E-state index in [0.29, 0.717) is 5.02 Å². The van der Waals surface area contributed by atoms with Crippen LogP contribution in [-0.4, -0.2) is 13.4 Å². The van der Waals surface area contributed by atoms with E-state index in [1.165, 1.54) is 18.2 Å². The molecule has 1 aromatic heterocycles. The average Bonchev–Trinajstić information content (AvgIpc) is 2.42. The highest BCUT2D eigenvalue weighted by atomic mass is 35.5. The van der Waals surface area contributed by atoms with Gasteiger partial charge in [-0.2, -0.15) is 0 Å². The molecule has 0 bridgehead atoms. The Bertz CT molecular complexity index is 705. The van der Waals surface area contributed by atoms with Crippen molar-refractivity contribution in [2.24, 2.45) is 0 Å². The number of nitrogen functional groups attached to an aromatic ring is 1. The summed E-state index contributed by atoms with van der Waals surface area (Å²) in [6, 6.07) is 7.36. The van der Waals surface area contributed by atoms with Gasteiger partial charge in [0.05, 0.1) is 15.6 Å². The van der Waals surface area contributed by atoms with E-state index in [-0.39, 0.29) is 10.6 Å². The molecule has 0 saturated carbocycles. The highest BCUT2D eigenvalue weighted by molar-refractivity contribution is 7.89. The third-order valence-corrected chi connectivity index (χ3v) is 4.68. The third kappa shape index (κ3) is 3.27. The first-order valence-corrected chi connectivity index (χ1v) is 7.73. The second-order valence-electron chi connectivity index (χ2n) is 4.31. The van der Waals surface area contributed by atoms with E-state index in [1.54, 1.807) is 31.5 Å². The number of anilines is 1. The maximum Gasteiger partial charge on any atom is 0.241 e. The molecule has 0 fully saturated rings. The maximum atomic E-state index is 12.2. The zero-order valence-corrected chi connectivity index (χ0v) is 12.3. The molecule has 2 aromatic rings. The van der Waals surface area contributed by atoms with Gasteiger partial charge in [0, 0.05) is 18.4 Å². The number of halogens is 1. The molecule has 0 spiro atoms. The lowest BCUT2D eigenvalue weighted by molar-refractivity contribution is 0.566. The van der Waals surface area contributed by atoms with E-state index in [4.69, 9.17) is 17.3 Å². The molecule has 0 aliphatic carbocycles. The van der Waals surface area contributed by atoms with Crippen molar-refractivity contribution in [3.8, 4) is 0 Å². The Morgan fingerprint density at radius 1 is 1.35 bits per heavy atom. The molecule has 1 aromatic carbocycles. The van der Waals surface area contributed by atoms with Gasteiger partial charge in [-0.3, -0.25) is 4.98 Å². The number of hydrogen-bond donors (Lipinski definition) is 2. The molecule has 1 atom stereocenters. The Kier molecular flexibility index (Phi) is 4.27. The number of nitrogens with two attached hydrogens (primary N) is 1. The molecular formula is C13H14ClN3O2S. The summed E-state index contributed by atoms with van der Waals surface area (Å²) in [5.74, 6) is 0. The van der Waals surface area contributed by atoms with E-state index in [2.05, 4.69) is 9.71 Å². The van der Waals surface area contributed by atoms with Gasteiger partial charge in [-0.25, -0.2) is 13.1 Å². The zero-order chi connectivity index (χ0) is 14.8. The minimum absolute atomic E-state index is 0.0788. The molecule has 7 heteroatoms. The minimum atomic E-state index is -3.66. The van der Waals surface area contributed by atoms with Crippen LogP contribution in [0.5, 0.6) is 0 Å². The van der Waals surface area contributed by atoms with Crippen molar-refractivity contribution in [1.82, 2.24) is 9.71 Å². The van der Waals surface area contributed by atoms with Crippen LogP contribution in [0.3, 0.4) is 0 Å². The van der Waals surface area contributed by atoms with Crippen LogP contribution in [0.1, 0.15) is 18.5 Å².